The highest BCUT2D eigenvalue weighted by atomic mass is 79.9. The minimum atomic E-state index is -0.342. The number of halogens is 2. The molecule has 0 saturated carbocycles. The Balaban J connectivity index is 2.18. The van der Waals surface area contributed by atoms with Crippen molar-refractivity contribution in [1.29, 1.82) is 0 Å². The van der Waals surface area contributed by atoms with Gasteiger partial charge in [-0.3, -0.25) is 0 Å². The van der Waals surface area contributed by atoms with Gasteiger partial charge in [-0.1, -0.05) is 6.07 Å². The molecular formula is C10H6BrFN2O. The fraction of sp³-hybridized carbons (Fsp3) is 0. The average Bonchev–Trinajstić information content (AvgIpc) is 2.22. The molecule has 0 N–H and O–H groups in total. The Morgan fingerprint density at radius 1 is 1.13 bits per heavy atom. The summed E-state index contributed by atoms with van der Waals surface area (Å²) in [5.41, 5.74) is 0. The van der Waals surface area contributed by atoms with Gasteiger partial charge >= 0.3 is 0 Å². The average molecular weight is 269 g/mol. The van der Waals surface area contributed by atoms with Crippen LogP contribution in [0.4, 0.5) is 4.39 Å². The SMILES string of the molecule is Fc1cccc(Oc2cnc(Br)nc2)c1. The van der Waals surface area contributed by atoms with E-state index in [0.717, 1.165) is 0 Å². The summed E-state index contributed by atoms with van der Waals surface area (Å²) in [5.74, 6) is 0.537. The minimum absolute atomic E-state index is 0.342. The fourth-order valence-electron chi connectivity index (χ4n) is 1.02. The zero-order valence-corrected chi connectivity index (χ0v) is 9.11. The van der Waals surface area contributed by atoms with Crippen molar-refractivity contribution in [3.8, 4) is 11.5 Å². The third kappa shape index (κ3) is 2.73. The molecule has 0 atom stereocenters. The topological polar surface area (TPSA) is 35.0 Å². The predicted octanol–water partition coefficient (Wildman–Crippen LogP) is 3.17. The predicted molar refractivity (Wildman–Crippen MR) is 56.2 cm³/mol. The second-order valence-corrected chi connectivity index (χ2v) is 3.46. The van der Waals surface area contributed by atoms with Crippen LogP contribution < -0.4 is 4.74 Å². The molecule has 0 unspecified atom stereocenters. The Hall–Kier alpha value is -1.49. The number of hydrogen-bond donors (Lipinski definition) is 0. The van der Waals surface area contributed by atoms with Crippen molar-refractivity contribution in [2.24, 2.45) is 0 Å². The van der Waals surface area contributed by atoms with Gasteiger partial charge < -0.3 is 4.74 Å². The number of rotatable bonds is 2. The summed E-state index contributed by atoms with van der Waals surface area (Å²) in [6, 6.07) is 5.88. The standard InChI is InChI=1S/C10H6BrFN2O/c11-10-13-5-9(6-14-10)15-8-3-1-2-7(12)4-8/h1-6H. The molecule has 1 aromatic heterocycles. The molecule has 0 fully saturated rings. The van der Waals surface area contributed by atoms with Crippen LogP contribution in [0.3, 0.4) is 0 Å². The Morgan fingerprint density at radius 3 is 2.53 bits per heavy atom. The largest absolute Gasteiger partial charge is 0.454 e. The van der Waals surface area contributed by atoms with Crippen LogP contribution in [0.15, 0.2) is 41.4 Å². The van der Waals surface area contributed by atoms with Gasteiger partial charge in [-0.2, -0.15) is 0 Å². The maximum atomic E-state index is 12.8. The molecule has 0 aliphatic heterocycles. The van der Waals surface area contributed by atoms with Crippen LogP contribution in [0.25, 0.3) is 0 Å². The van der Waals surface area contributed by atoms with Gasteiger partial charge in [0.05, 0.1) is 12.4 Å². The van der Waals surface area contributed by atoms with Crippen LogP contribution in [0.5, 0.6) is 11.5 Å². The molecule has 3 nitrogen and oxygen atoms in total. The lowest BCUT2D eigenvalue weighted by Crippen LogP contribution is -1.88. The summed E-state index contributed by atoms with van der Waals surface area (Å²) in [7, 11) is 0. The first-order valence-corrected chi connectivity index (χ1v) is 4.94. The van der Waals surface area contributed by atoms with Crippen molar-refractivity contribution in [2.45, 2.75) is 0 Å². The molecule has 5 heteroatoms. The summed E-state index contributed by atoms with van der Waals surface area (Å²) < 4.78 is 18.6. The molecule has 2 aromatic rings. The van der Waals surface area contributed by atoms with Crippen LogP contribution in [-0.4, -0.2) is 9.97 Å². The van der Waals surface area contributed by atoms with Gasteiger partial charge in [0.2, 0.25) is 0 Å². The summed E-state index contributed by atoms with van der Waals surface area (Å²) in [6.07, 6.45) is 3.00. The molecule has 15 heavy (non-hydrogen) atoms. The summed E-state index contributed by atoms with van der Waals surface area (Å²) in [5, 5.41) is 0. The highest BCUT2D eigenvalue weighted by Gasteiger charge is 1.99. The maximum Gasteiger partial charge on any atom is 0.196 e. The molecule has 0 amide bonds. The number of hydrogen-bond acceptors (Lipinski definition) is 3. The lowest BCUT2D eigenvalue weighted by atomic mass is 10.3. The molecule has 76 valence electrons. The minimum Gasteiger partial charge on any atom is -0.454 e. The summed E-state index contributed by atoms with van der Waals surface area (Å²) in [4.78, 5) is 7.77. The molecule has 0 spiro atoms. The van der Waals surface area contributed by atoms with Crippen molar-refractivity contribution in [1.82, 2.24) is 9.97 Å². The monoisotopic (exact) mass is 268 g/mol. The first kappa shape index (κ1) is 10.0. The van der Waals surface area contributed by atoms with Gasteiger partial charge in [0.1, 0.15) is 11.6 Å². The van der Waals surface area contributed by atoms with Crippen molar-refractivity contribution in [3.05, 3.63) is 47.2 Å². The van der Waals surface area contributed by atoms with E-state index in [-0.39, 0.29) is 5.82 Å². The molecule has 0 bridgehead atoms. The Bertz CT molecular complexity index is 461. The zero-order valence-electron chi connectivity index (χ0n) is 7.52. The smallest absolute Gasteiger partial charge is 0.196 e. The van der Waals surface area contributed by atoms with Crippen molar-refractivity contribution >= 4 is 15.9 Å². The highest BCUT2D eigenvalue weighted by Crippen LogP contribution is 2.20. The van der Waals surface area contributed by atoms with Crippen LogP contribution in [0.2, 0.25) is 0 Å². The number of benzene rings is 1. The quantitative estimate of drug-likeness (QED) is 0.785. The molecule has 0 radical (unpaired) electrons. The molecule has 1 aromatic carbocycles. The van der Waals surface area contributed by atoms with E-state index in [0.29, 0.717) is 16.2 Å². The molecule has 1 heterocycles. The first-order chi connectivity index (χ1) is 7.24. The Kier molecular flexibility index (Phi) is 2.91. The van der Waals surface area contributed by atoms with Gasteiger partial charge in [0, 0.05) is 6.07 Å². The number of nitrogens with zero attached hydrogens (tertiary/aromatic N) is 2. The maximum absolute atomic E-state index is 12.8. The third-order valence-electron chi connectivity index (χ3n) is 1.63. The van der Waals surface area contributed by atoms with Crippen molar-refractivity contribution in [3.63, 3.8) is 0 Å². The number of aromatic nitrogens is 2. The molecule has 0 aliphatic carbocycles. The molecule has 0 aliphatic rings. The van der Waals surface area contributed by atoms with E-state index in [1.54, 1.807) is 12.1 Å². The normalized spacial score (nSPS) is 10.0. The van der Waals surface area contributed by atoms with Crippen LogP contribution in [0, 0.1) is 5.82 Å². The first-order valence-electron chi connectivity index (χ1n) is 4.15. The van der Waals surface area contributed by atoms with E-state index < -0.39 is 0 Å². The van der Waals surface area contributed by atoms with Crippen molar-refractivity contribution < 1.29 is 9.13 Å². The lowest BCUT2D eigenvalue weighted by molar-refractivity contribution is 0.471. The van der Waals surface area contributed by atoms with Gasteiger partial charge in [-0.05, 0) is 28.1 Å². The van der Waals surface area contributed by atoms with E-state index in [1.807, 2.05) is 0 Å². The van der Waals surface area contributed by atoms with Gasteiger partial charge in [0.15, 0.2) is 10.5 Å². The number of ether oxygens (including phenoxy) is 1. The second-order valence-electron chi connectivity index (χ2n) is 2.75. The van der Waals surface area contributed by atoms with Gasteiger partial charge in [-0.15, -0.1) is 0 Å². The lowest BCUT2D eigenvalue weighted by Gasteiger charge is -2.03. The summed E-state index contributed by atoms with van der Waals surface area (Å²) >= 11 is 3.10. The van der Waals surface area contributed by atoms with E-state index in [1.165, 1.54) is 24.5 Å². The van der Waals surface area contributed by atoms with E-state index in [4.69, 9.17) is 4.74 Å². The Morgan fingerprint density at radius 2 is 1.87 bits per heavy atom. The van der Waals surface area contributed by atoms with Crippen LogP contribution in [-0.2, 0) is 0 Å². The van der Waals surface area contributed by atoms with Gasteiger partial charge in [0.25, 0.3) is 0 Å². The van der Waals surface area contributed by atoms with Crippen LogP contribution >= 0.6 is 15.9 Å². The van der Waals surface area contributed by atoms with Gasteiger partial charge in [-0.25, -0.2) is 14.4 Å². The van der Waals surface area contributed by atoms with Crippen molar-refractivity contribution in [2.75, 3.05) is 0 Å². The summed E-state index contributed by atoms with van der Waals surface area (Å²) in [6.45, 7) is 0. The molecular weight excluding hydrogens is 263 g/mol. The second kappa shape index (κ2) is 4.35. The van der Waals surface area contributed by atoms with E-state index >= 15 is 0 Å². The molecule has 0 saturated heterocycles. The highest BCUT2D eigenvalue weighted by molar-refractivity contribution is 9.10. The fourth-order valence-corrected chi connectivity index (χ4v) is 1.22. The van der Waals surface area contributed by atoms with E-state index in [9.17, 15) is 4.39 Å². The zero-order chi connectivity index (χ0) is 10.7. The Labute approximate surface area is 94.1 Å². The van der Waals surface area contributed by atoms with E-state index in [2.05, 4.69) is 25.9 Å². The van der Waals surface area contributed by atoms with Crippen LogP contribution in [0.1, 0.15) is 0 Å². The third-order valence-corrected chi connectivity index (χ3v) is 2.04. The molecule has 2 rings (SSSR count).